The zero-order valence-corrected chi connectivity index (χ0v) is 19.0. The molecular formula is C25H29N5O3. The molecule has 8 nitrogen and oxygen atoms in total. The first-order chi connectivity index (χ1) is 16.3. The van der Waals surface area contributed by atoms with Crippen LogP contribution < -0.4 is 10.1 Å². The molecule has 0 aliphatic heterocycles. The number of pyridine rings is 2. The number of para-hydroxylation sites is 1. The van der Waals surface area contributed by atoms with Gasteiger partial charge in [-0.15, -0.1) is 0 Å². The standard InChI is InChI=1S/C25H29N5O3/c1-31-30(32-2)13-6-14-33-23-9-4-3-7-20(23)17-28-24-11-10-19(16-27-24)15-21-18-29-25-22(21)8-5-12-26-25/h3-5,7-12,16,18H,6,13-15,17H2,1-2H3,(H,26,29)(H,27,28). The molecular weight excluding hydrogens is 418 g/mol. The van der Waals surface area contributed by atoms with E-state index in [1.165, 1.54) is 10.8 Å². The van der Waals surface area contributed by atoms with Crippen molar-refractivity contribution in [1.82, 2.24) is 20.2 Å². The number of H-pyrrole nitrogens is 1. The Hall–Kier alpha value is -3.46. The molecule has 2 N–H and O–H groups in total. The van der Waals surface area contributed by atoms with E-state index in [1.54, 1.807) is 20.4 Å². The summed E-state index contributed by atoms with van der Waals surface area (Å²) >= 11 is 0. The van der Waals surface area contributed by atoms with Crippen LogP contribution in [0.25, 0.3) is 11.0 Å². The summed E-state index contributed by atoms with van der Waals surface area (Å²) in [5.41, 5.74) is 4.35. The first-order valence-electron chi connectivity index (χ1n) is 10.9. The zero-order chi connectivity index (χ0) is 22.9. The minimum Gasteiger partial charge on any atom is -0.493 e. The lowest BCUT2D eigenvalue weighted by Gasteiger charge is -2.17. The van der Waals surface area contributed by atoms with E-state index in [0.717, 1.165) is 46.6 Å². The first-order valence-corrected chi connectivity index (χ1v) is 10.9. The van der Waals surface area contributed by atoms with Gasteiger partial charge in [-0.3, -0.25) is 9.68 Å². The minimum absolute atomic E-state index is 0.566. The molecule has 0 saturated heterocycles. The normalized spacial score (nSPS) is 11.2. The lowest BCUT2D eigenvalue weighted by atomic mass is 10.1. The SMILES string of the molecule is CON(CCCOc1ccccc1CNc1ccc(Cc2c[nH]c3ncccc23)cn1)OC. The fourth-order valence-corrected chi connectivity index (χ4v) is 3.62. The molecule has 0 amide bonds. The van der Waals surface area contributed by atoms with E-state index in [0.29, 0.717) is 19.7 Å². The fourth-order valence-electron chi connectivity index (χ4n) is 3.62. The van der Waals surface area contributed by atoms with Gasteiger partial charge in [-0.1, -0.05) is 29.5 Å². The number of nitrogens with one attached hydrogen (secondary N) is 2. The number of hydroxylamine groups is 2. The number of hydrogen-bond donors (Lipinski definition) is 2. The van der Waals surface area contributed by atoms with Gasteiger partial charge in [-0.2, -0.15) is 0 Å². The molecule has 0 spiro atoms. The average molecular weight is 448 g/mol. The highest BCUT2D eigenvalue weighted by Crippen LogP contribution is 2.21. The molecule has 3 heterocycles. The van der Waals surface area contributed by atoms with Gasteiger partial charge >= 0.3 is 0 Å². The second-order valence-electron chi connectivity index (χ2n) is 7.53. The van der Waals surface area contributed by atoms with Crippen LogP contribution in [0.15, 0.2) is 67.1 Å². The lowest BCUT2D eigenvalue weighted by molar-refractivity contribution is -0.342. The molecule has 4 rings (SSSR count). The maximum Gasteiger partial charge on any atom is 0.137 e. The molecule has 33 heavy (non-hydrogen) atoms. The van der Waals surface area contributed by atoms with Crippen LogP contribution in [-0.2, 0) is 22.6 Å². The van der Waals surface area contributed by atoms with Crippen molar-refractivity contribution >= 4 is 16.9 Å². The summed E-state index contributed by atoms with van der Waals surface area (Å²) in [6.45, 7) is 1.81. The third kappa shape index (κ3) is 6.07. The van der Waals surface area contributed by atoms with Crippen LogP contribution in [0.3, 0.4) is 0 Å². The summed E-state index contributed by atoms with van der Waals surface area (Å²) in [4.78, 5) is 22.3. The second kappa shape index (κ2) is 11.4. The monoisotopic (exact) mass is 447 g/mol. The van der Waals surface area contributed by atoms with Crippen molar-refractivity contribution in [3.05, 3.63) is 83.8 Å². The smallest absolute Gasteiger partial charge is 0.137 e. The first kappa shape index (κ1) is 22.7. The highest BCUT2D eigenvalue weighted by Gasteiger charge is 2.07. The molecule has 0 aliphatic carbocycles. The summed E-state index contributed by atoms with van der Waals surface area (Å²) in [7, 11) is 3.15. The Kier molecular flexibility index (Phi) is 7.86. The Morgan fingerprint density at radius 3 is 2.67 bits per heavy atom. The summed E-state index contributed by atoms with van der Waals surface area (Å²) in [6.07, 6.45) is 7.31. The number of benzene rings is 1. The van der Waals surface area contributed by atoms with E-state index >= 15 is 0 Å². The molecule has 8 heteroatoms. The Morgan fingerprint density at radius 2 is 1.85 bits per heavy atom. The molecule has 0 fully saturated rings. The number of aromatic amines is 1. The number of hydrogen-bond acceptors (Lipinski definition) is 7. The van der Waals surface area contributed by atoms with Crippen molar-refractivity contribution in [2.45, 2.75) is 19.4 Å². The Bertz CT molecular complexity index is 1140. The van der Waals surface area contributed by atoms with Crippen LogP contribution in [0, 0.1) is 0 Å². The van der Waals surface area contributed by atoms with Crippen molar-refractivity contribution in [2.24, 2.45) is 0 Å². The van der Waals surface area contributed by atoms with Gasteiger partial charge in [-0.05, 0) is 41.8 Å². The van der Waals surface area contributed by atoms with Crippen molar-refractivity contribution in [2.75, 3.05) is 32.7 Å². The number of anilines is 1. The van der Waals surface area contributed by atoms with Gasteiger partial charge in [0.2, 0.25) is 0 Å². The van der Waals surface area contributed by atoms with E-state index in [1.807, 2.05) is 42.7 Å². The molecule has 0 radical (unpaired) electrons. The molecule has 172 valence electrons. The number of rotatable bonds is 12. The van der Waals surface area contributed by atoms with Crippen molar-refractivity contribution in [3.8, 4) is 5.75 Å². The maximum absolute atomic E-state index is 5.97. The fraction of sp³-hybridized carbons (Fsp3) is 0.280. The van der Waals surface area contributed by atoms with E-state index in [2.05, 4.69) is 38.5 Å². The highest BCUT2D eigenvalue weighted by atomic mass is 16.9. The maximum atomic E-state index is 5.97. The number of ether oxygens (including phenoxy) is 1. The number of aromatic nitrogens is 3. The quantitative estimate of drug-likeness (QED) is 0.247. The van der Waals surface area contributed by atoms with Gasteiger partial charge < -0.3 is 15.0 Å². The van der Waals surface area contributed by atoms with Gasteiger partial charge in [0.15, 0.2) is 0 Å². The van der Waals surface area contributed by atoms with E-state index in [-0.39, 0.29) is 0 Å². The number of nitrogens with zero attached hydrogens (tertiary/aromatic N) is 3. The van der Waals surface area contributed by atoms with Gasteiger partial charge in [0.25, 0.3) is 0 Å². The predicted molar refractivity (Wildman–Crippen MR) is 128 cm³/mol. The van der Waals surface area contributed by atoms with E-state index in [9.17, 15) is 0 Å². The van der Waals surface area contributed by atoms with Crippen molar-refractivity contribution in [3.63, 3.8) is 0 Å². The molecule has 3 aromatic heterocycles. The average Bonchev–Trinajstić information content (AvgIpc) is 3.27. The molecule has 0 atom stereocenters. The zero-order valence-electron chi connectivity index (χ0n) is 19.0. The van der Waals surface area contributed by atoms with Crippen molar-refractivity contribution < 1.29 is 14.4 Å². The summed E-state index contributed by atoms with van der Waals surface area (Å²) in [5, 5.41) is 5.95. The third-order valence-corrected chi connectivity index (χ3v) is 5.34. The third-order valence-electron chi connectivity index (χ3n) is 5.34. The Morgan fingerprint density at radius 1 is 0.970 bits per heavy atom. The molecule has 4 aromatic rings. The summed E-state index contributed by atoms with van der Waals surface area (Å²) < 4.78 is 5.97. The van der Waals surface area contributed by atoms with Gasteiger partial charge in [-0.25, -0.2) is 9.97 Å². The molecule has 0 aliphatic rings. The van der Waals surface area contributed by atoms with Gasteiger partial charge in [0.1, 0.15) is 17.2 Å². The molecule has 0 saturated carbocycles. The topological polar surface area (TPSA) is 84.5 Å². The van der Waals surface area contributed by atoms with Gasteiger partial charge in [0, 0.05) is 42.5 Å². The minimum atomic E-state index is 0.566. The van der Waals surface area contributed by atoms with Crippen LogP contribution in [-0.4, -0.2) is 47.5 Å². The van der Waals surface area contributed by atoms with Crippen LogP contribution in [0.4, 0.5) is 5.82 Å². The highest BCUT2D eigenvalue weighted by molar-refractivity contribution is 5.79. The summed E-state index contributed by atoms with van der Waals surface area (Å²) in [5.74, 6) is 1.68. The van der Waals surface area contributed by atoms with Crippen molar-refractivity contribution in [1.29, 1.82) is 0 Å². The predicted octanol–water partition coefficient (Wildman–Crippen LogP) is 4.35. The van der Waals surface area contributed by atoms with Gasteiger partial charge in [0.05, 0.1) is 27.4 Å². The van der Waals surface area contributed by atoms with Crippen LogP contribution in [0.2, 0.25) is 0 Å². The number of fused-ring (bicyclic) bond motifs is 1. The van der Waals surface area contributed by atoms with E-state index in [4.69, 9.17) is 14.4 Å². The Labute approximate surface area is 193 Å². The molecule has 0 unspecified atom stereocenters. The van der Waals surface area contributed by atoms with Crippen LogP contribution in [0.1, 0.15) is 23.1 Å². The summed E-state index contributed by atoms with van der Waals surface area (Å²) in [6, 6.07) is 16.2. The second-order valence-corrected chi connectivity index (χ2v) is 7.53. The molecule has 1 aromatic carbocycles. The largest absolute Gasteiger partial charge is 0.493 e. The van der Waals surface area contributed by atoms with Crippen LogP contribution >= 0.6 is 0 Å². The molecule has 0 bridgehead atoms. The lowest BCUT2D eigenvalue weighted by Crippen LogP contribution is -2.23. The van der Waals surface area contributed by atoms with Crippen LogP contribution in [0.5, 0.6) is 5.75 Å². The Balaban J connectivity index is 1.30. The van der Waals surface area contributed by atoms with E-state index < -0.39 is 0 Å².